The average molecular weight is 350 g/mol. The minimum atomic E-state index is -0.0665. The van der Waals surface area contributed by atoms with Crippen LogP contribution in [0.25, 0.3) is 0 Å². The van der Waals surface area contributed by atoms with E-state index in [0.717, 1.165) is 22.3 Å². The normalized spacial score (nSPS) is 10.3. The van der Waals surface area contributed by atoms with Crippen molar-refractivity contribution in [3.05, 3.63) is 59.7 Å². The van der Waals surface area contributed by atoms with Crippen LogP contribution in [0.2, 0.25) is 0 Å². The SMILES string of the molecule is CSc1ccccc1C(=O)Nc1ccc(CCBr)cc1. The molecule has 0 bridgehead atoms. The van der Waals surface area contributed by atoms with E-state index in [0.29, 0.717) is 5.56 Å². The quantitative estimate of drug-likeness (QED) is 0.631. The van der Waals surface area contributed by atoms with Crippen LogP contribution in [0.1, 0.15) is 15.9 Å². The van der Waals surface area contributed by atoms with Crippen LogP contribution in [0.5, 0.6) is 0 Å². The summed E-state index contributed by atoms with van der Waals surface area (Å²) in [5.41, 5.74) is 2.79. The molecule has 0 radical (unpaired) electrons. The smallest absolute Gasteiger partial charge is 0.256 e. The first kappa shape index (κ1) is 15.1. The summed E-state index contributed by atoms with van der Waals surface area (Å²) in [6.45, 7) is 0. The highest BCUT2D eigenvalue weighted by molar-refractivity contribution is 9.09. The third-order valence-electron chi connectivity index (χ3n) is 2.95. The summed E-state index contributed by atoms with van der Waals surface area (Å²) in [5.74, 6) is -0.0665. The van der Waals surface area contributed by atoms with E-state index in [1.165, 1.54) is 5.56 Å². The van der Waals surface area contributed by atoms with Crippen LogP contribution in [0.4, 0.5) is 5.69 Å². The summed E-state index contributed by atoms with van der Waals surface area (Å²) in [5, 5.41) is 3.88. The Hall–Kier alpha value is -1.26. The molecular weight excluding hydrogens is 334 g/mol. The highest BCUT2D eigenvalue weighted by Crippen LogP contribution is 2.21. The molecule has 2 aromatic carbocycles. The van der Waals surface area contributed by atoms with Gasteiger partial charge in [0.15, 0.2) is 0 Å². The lowest BCUT2D eigenvalue weighted by molar-refractivity contribution is 0.102. The summed E-state index contributed by atoms with van der Waals surface area (Å²) in [7, 11) is 0. The zero-order chi connectivity index (χ0) is 14.4. The molecule has 2 aromatic rings. The summed E-state index contributed by atoms with van der Waals surface area (Å²) in [4.78, 5) is 13.3. The Morgan fingerprint density at radius 3 is 2.50 bits per heavy atom. The molecule has 20 heavy (non-hydrogen) atoms. The van der Waals surface area contributed by atoms with Gasteiger partial charge in [-0.15, -0.1) is 11.8 Å². The van der Waals surface area contributed by atoms with Crippen LogP contribution in [0.3, 0.4) is 0 Å². The molecule has 0 aliphatic carbocycles. The van der Waals surface area contributed by atoms with Gasteiger partial charge >= 0.3 is 0 Å². The second-order valence-electron chi connectivity index (χ2n) is 4.29. The number of halogens is 1. The van der Waals surface area contributed by atoms with Gasteiger partial charge in [-0.25, -0.2) is 0 Å². The third kappa shape index (κ3) is 3.87. The summed E-state index contributed by atoms with van der Waals surface area (Å²) < 4.78 is 0. The number of hydrogen-bond acceptors (Lipinski definition) is 2. The first-order chi connectivity index (χ1) is 9.74. The Labute approximate surface area is 132 Å². The van der Waals surface area contributed by atoms with Gasteiger partial charge in [-0.1, -0.05) is 40.2 Å². The van der Waals surface area contributed by atoms with Crippen molar-refractivity contribution >= 4 is 39.3 Å². The molecule has 0 fully saturated rings. The molecule has 0 aliphatic heterocycles. The molecule has 0 atom stereocenters. The molecule has 0 heterocycles. The Kier molecular flexibility index (Phi) is 5.68. The standard InChI is InChI=1S/C16H16BrNOS/c1-20-15-5-3-2-4-14(15)16(19)18-13-8-6-12(7-9-13)10-11-17/h2-9H,10-11H2,1H3,(H,18,19). The monoisotopic (exact) mass is 349 g/mol. The third-order valence-corrected chi connectivity index (χ3v) is 4.14. The number of rotatable bonds is 5. The molecule has 1 amide bonds. The maximum atomic E-state index is 12.3. The van der Waals surface area contributed by atoms with Gasteiger partial charge in [0.05, 0.1) is 5.56 Å². The zero-order valence-electron chi connectivity index (χ0n) is 11.2. The van der Waals surface area contributed by atoms with E-state index in [1.54, 1.807) is 11.8 Å². The number of alkyl halides is 1. The Morgan fingerprint density at radius 1 is 1.15 bits per heavy atom. The minimum absolute atomic E-state index is 0.0665. The number of carbonyl (C=O) groups excluding carboxylic acids is 1. The highest BCUT2D eigenvalue weighted by Gasteiger charge is 2.10. The van der Waals surface area contributed by atoms with E-state index in [9.17, 15) is 4.79 Å². The maximum Gasteiger partial charge on any atom is 0.256 e. The molecule has 0 aromatic heterocycles. The predicted octanol–water partition coefficient (Wildman–Crippen LogP) is 4.60. The van der Waals surface area contributed by atoms with E-state index >= 15 is 0 Å². The fourth-order valence-corrected chi connectivity index (χ4v) is 2.95. The van der Waals surface area contributed by atoms with Gasteiger partial charge in [0.1, 0.15) is 0 Å². The van der Waals surface area contributed by atoms with Crippen molar-refractivity contribution in [1.82, 2.24) is 0 Å². The number of nitrogens with one attached hydrogen (secondary N) is 1. The van der Waals surface area contributed by atoms with Gasteiger partial charge in [0, 0.05) is 15.9 Å². The van der Waals surface area contributed by atoms with E-state index in [-0.39, 0.29) is 5.91 Å². The van der Waals surface area contributed by atoms with Crippen molar-refractivity contribution in [2.24, 2.45) is 0 Å². The van der Waals surface area contributed by atoms with Crippen LogP contribution >= 0.6 is 27.7 Å². The van der Waals surface area contributed by atoms with E-state index < -0.39 is 0 Å². The second kappa shape index (κ2) is 7.50. The number of aryl methyl sites for hydroxylation is 1. The van der Waals surface area contributed by atoms with E-state index in [1.807, 2.05) is 54.8 Å². The topological polar surface area (TPSA) is 29.1 Å². The van der Waals surface area contributed by atoms with Crippen LogP contribution in [0.15, 0.2) is 53.4 Å². The molecule has 0 unspecified atom stereocenters. The number of thioether (sulfide) groups is 1. The molecule has 0 saturated carbocycles. The maximum absolute atomic E-state index is 12.3. The summed E-state index contributed by atoms with van der Waals surface area (Å²) in [6, 6.07) is 15.6. The Morgan fingerprint density at radius 2 is 1.85 bits per heavy atom. The molecule has 104 valence electrons. The van der Waals surface area contributed by atoms with Gasteiger partial charge in [-0.3, -0.25) is 4.79 Å². The van der Waals surface area contributed by atoms with Crippen LogP contribution < -0.4 is 5.32 Å². The first-order valence-electron chi connectivity index (χ1n) is 6.34. The lowest BCUT2D eigenvalue weighted by Crippen LogP contribution is -2.12. The summed E-state index contributed by atoms with van der Waals surface area (Å²) in [6.07, 6.45) is 2.96. The van der Waals surface area contributed by atoms with Crippen LogP contribution in [0, 0.1) is 0 Å². The van der Waals surface area contributed by atoms with E-state index in [4.69, 9.17) is 0 Å². The van der Waals surface area contributed by atoms with Gasteiger partial charge in [0.2, 0.25) is 0 Å². The molecule has 2 nitrogen and oxygen atoms in total. The molecule has 0 saturated heterocycles. The van der Waals surface area contributed by atoms with Crippen molar-refractivity contribution in [1.29, 1.82) is 0 Å². The van der Waals surface area contributed by atoms with Crippen molar-refractivity contribution in [3.8, 4) is 0 Å². The van der Waals surface area contributed by atoms with Crippen LogP contribution in [-0.2, 0) is 6.42 Å². The molecule has 1 N–H and O–H groups in total. The molecule has 4 heteroatoms. The van der Waals surface area contributed by atoms with Gasteiger partial charge in [-0.2, -0.15) is 0 Å². The Balaban J connectivity index is 2.11. The van der Waals surface area contributed by atoms with Gasteiger partial charge in [-0.05, 0) is 42.5 Å². The average Bonchev–Trinajstić information content (AvgIpc) is 2.49. The second-order valence-corrected chi connectivity index (χ2v) is 5.93. The predicted molar refractivity (Wildman–Crippen MR) is 90.1 cm³/mol. The van der Waals surface area contributed by atoms with Gasteiger partial charge in [0.25, 0.3) is 5.91 Å². The van der Waals surface area contributed by atoms with Crippen molar-refractivity contribution in [3.63, 3.8) is 0 Å². The van der Waals surface area contributed by atoms with Crippen molar-refractivity contribution < 1.29 is 4.79 Å². The number of benzene rings is 2. The number of carbonyl (C=O) groups is 1. The van der Waals surface area contributed by atoms with Crippen molar-refractivity contribution in [2.45, 2.75) is 11.3 Å². The highest BCUT2D eigenvalue weighted by atomic mass is 79.9. The number of hydrogen-bond donors (Lipinski definition) is 1. The lowest BCUT2D eigenvalue weighted by atomic mass is 10.1. The Bertz CT molecular complexity index is 583. The molecule has 0 aliphatic rings. The van der Waals surface area contributed by atoms with Crippen molar-refractivity contribution in [2.75, 3.05) is 16.9 Å². The fraction of sp³-hybridized carbons (Fsp3) is 0.188. The van der Waals surface area contributed by atoms with Crippen LogP contribution in [-0.4, -0.2) is 17.5 Å². The molecular formula is C16H16BrNOS. The number of amides is 1. The fourth-order valence-electron chi connectivity index (χ4n) is 1.89. The minimum Gasteiger partial charge on any atom is -0.322 e. The first-order valence-corrected chi connectivity index (χ1v) is 8.68. The van der Waals surface area contributed by atoms with Gasteiger partial charge < -0.3 is 5.32 Å². The summed E-state index contributed by atoms with van der Waals surface area (Å²) >= 11 is 5.00. The lowest BCUT2D eigenvalue weighted by Gasteiger charge is -2.09. The van der Waals surface area contributed by atoms with E-state index in [2.05, 4.69) is 21.2 Å². The molecule has 0 spiro atoms. The number of anilines is 1. The zero-order valence-corrected chi connectivity index (χ0v) is 13.6. The largest absolute Gasteiger partial charge is 0.322 e. The molecule has 2 rings (SSSR count).